The monoisotopic (exact) mass is 335 g/mol. The minimum absolute atomic E-state index is 0.274. The number of para-hydroxylation sites is 3. The number of amides is 1. The molecule has 0 aliphatic carbocycles. The fraction of sp³-hybridized carbons (Fsp3) is 0.158. The summed E-state index contributed by atoms with van der Waals surface area (Å²) in [5.74, 6) is 1.13. The third-order valence-electron chi connectivity index (χ3n) is 4.04. The van der Waals surface area contributed by atoms with E-state index in [2.05, 4.69) is 15.5 Å². The molecule has 0 radical (unpaired) electrons. The number of hydrogen-bond acceptors (Lipinski definition) is 4. The van der Waals surface area contributed by atoms with Gasteiger partial charge in [0.1, 0.15) is 29.5 Å². The Kier molecular flexibility index (Phi) is 3.85. The average Bonchev–Trinajstić information content (AvgIpc) is 3.08. The molecular weight excluding hydrogens is 318 g/mol. The van der Waals surface area contributed by atoms with Crippen molar-refractivity contribution in [1.82, 2.24) is 10.2 Å². The van der Waals surface area contributed by atoms with Crippen molar-refractivity contribution in [3.8, 4) is 22.8 Å². The molecule has 1 aromatic heterocycles. The van der Waals surface area contributed by atoms with Crippen molar-refractivity contribution in [2.75, 3.05) is 11.9 Å². The Hall–Kier alpha value is -3.28. The second-order valence-electron chi connectivity index (χ2n) is 5.59. The lowest BCUT2D eigenvalue weighted by atomic mass is 10.0. The van der Waals surface area contributed by atoms with E-state index in [0.29, 0.717) is 30.3 Å². The van der Waals surface area contributed by atoms with Crippen molar-refractivity contribution in [1.29, 1.82) is 0 Å². The molecule has 1 aliphatic rings. The largest absolute Gasteiger partial charge is 0.492 e. The van der Waals surface area contributed by atoms with Crippen LogP contribution in [0.4, 0.5) is 5.69 Å². The van der Waals surface area contributed by atoms with Crippen LogP contribution in [0.2, 0.25) is 0 Å². The number of aromatic amines is 1. The van der Waals surface area contributed by atoms with Gasteiger partial charge in [0, 0.05) is 11.1 Å². The van der Waals surface area contributed by atoms with Gasteiger partial charge in [0.15, 0.2) is 0 Å². The molecule has 1 aliphatic heterocycles. The molecule has 2 heterocycles. The number of fused-ring (bicyclic) bond motifs is 3. The van der Waals surface area contributed by atoms with Gasteiger partial charge in [-0.05, 0) is 31.2 Å². The van der Waals surface area contributed by atoms with Crippen molar-refractivity contribution < 1.29 is 14.3 Å². The maximum absolute atomic E-state index is 12.7. The number of rotatable bonds is 4. The van der Waals surface area contributed by atoms with E-state index in [1.807, 2.05) is 49.4 Å². The lowest BCUT2D eigenvalue weighted by molar-refractivity contribution is 0.101. The maximum atomic E-state index is 12.7. The van der Waals surface area contributed by atoms with Crippen LogP contribution in [-0.2, 0) is 6.61 Å². The topological polar surface area (TPSA) is 76.2 Å². The zero-order chi connectivity index (χ0) is 17.2. The summed E-state index contributed by atoms with van der Waals surface area (Å²) in [6.45, 7) is 2.73. The SMILES string of the molecule is CCOc1ccccc1NC(=O)c1[nH]nc2c1COc1ccccc1-2. The number of ether oxygens (including phenoxy) is 2. The normalized spacial score (nSPS) is 11.9. The molecule has 1 amide bonds. The first kappa shape index (κ1) is 15.3. The molecule has 6 nitrogen and oxygen atoms in total. The van der Waals surface area contributed by atoms with E-state index in [-0.39, 0.29) is 5.91 Å². The Morgan fingerprint density at radius 3 is 2.92 bits per heavy atom. The first-order chi connectivity index (χ1) is 12.3. The number of anilines is 1. The first-order valence-corrected chi connectivity index (χ1v) is 8.10. The van der Waals surface area contributed by atoms with Gasteiger partial charge in [-0.2, -0.15) is 5.10 Å². The zero-order valence-corrected chi connectivity index (χ0v) is 13.7. The fourth-order valence-corrected chi connectivity index (χ4v) is 2.89. The van der Waals surface area contributed by atoms with Crippen LogP contribution >= 0.6 is 0 Å². The van der Waals surface area contributed by atoms with Crippen LogP contribution in [0.5, 0.6) is 11.5 Å². The molecule has 4 rings (SSSR count). The highest BCUT2D eigenvalue weighted by Crippen LogP contribution is 2.37. The second-order valence-corrected chi connectivity index (χ2v) is 5.59. The molecule has 0 atom stereocenters. The quantitative estimate of drug-likeness (QED) is 0.763. The summed E-state index contributed by atoms with van der Waals surface area (Å²) in [7, 11) is 0. The van der Waals surface area contributed by atoms with E-state index in [4.69, 9.17) is 9.47 Å². The van der Waals surface area contributed by atoms with Crippen molar-refractivity contribution in [2.24, 2.45) is 0 Å². The predicted molar refractivity (Wildman–Crippen MR) is 93.9 cm³/mol. The van der Waals surface area contributed by atoms with E-state index < -0.39 is 0 Å². The highest BCUT2D eigenvalue weighted by molar-refractivity contribution is 6.05. The van der Waals surface area contributed by atoms with E-state index in [1.54, 1.807) is 6.07 Å². The molecule has 0 bridgehead atoms. The molecule has 126 valence electrons. The number of nitrogens with one attached hydrogen (secondary N) is 2. The summed E-state index contributed by atoms with van der Waals surface area (Å²) in [6, 6.07) is 15.0. The fourth-order valence-electron chi connectivity index (χ4n) is 2.89. The standard InChI is InChI=1S/C19H17N3O3/c1-2-24-16-10-6-4-8-14(16)20-19(23)18-13-11-25-15-9-5-3-7-12(15)17(13)21-22-18/h3-10H,2,11H2,1H3,(H,20,23)(H,21,22). The van der Waals surface area contributed by atoms with Crippen molar-refractivity contribution in [2.45, 2.75) is 13.5 Å². The molecule has 25 heavy (non-hydrogen) atoms. The Morgan fingerprint density at radius 1 is 1.24 bits per heavy atom. The number of benzene rings is 2. The number of aromatic nitrogens is 2. The minimum atomic E-state index is -0.274. The molecule has 6 heteroatoms. The van der Waals surface area contributed by atoms with Gasteiger partial charge in [0.2, 0.25) is 0 Å². The van der Waals surface area contributed by atoms with Crippen LogP contribution in [0, 0.1) is 0 Å². The number of carbonyl (C=O) groups is 1. The van der Waals surface area contributed by atoms with Crippen molar-refractivity contribution in [3.63, 3.8) is 0 Å². The van der Waals surface area contributed by atoms with E-state index in [1.165, 1.54) is 0 Å². The summed E-state index contributed by atoms with van der Waals surface area (Å²) >= 11 is 0. The van der Waals surface area contributed by atoms with Gasteiger partial charge in [-0.1, -0.05) is 24.3 Å². The summed E-state index contributed by atoms with van der Waals surface area (Å²) < 4.78 is 11.3. The number of H-pyrrole nitrogens is 1. The van der Waals surface area contributed by atoms with Crippen molar-refractivity contribution >= 4 is 11.6 Å². The highest BCUT2D eigenvalue weighted by atomic mass is 16.5. The molecule has 0 unspecified atom stereocenters. The second kappa shape index (κ2) is 6.32. The van der Waals surface area contributed by atoms with Crippen molar-refractivity contribution in [3.05, 3.63) is 59.8 Å². The summed E-state index contributed by atoms with van der Waals surface area (Å²) in [4.78, 5) is 12.7. The third kappa shape index (κ3) is 2.71. The van der Waals surface area contributed by atoms with Gasteiger partial charge < -0.3 is 14.8 Å². The molecular formula is C19H17N3O3. The summed E-state index contributed by atoms with van der Waals surface area (Å²) in [5.41, 5.74) is 3.41. The average molecular weight is 335 g/mol. The van der Waals surface area contributed by atoms with Crippen LogP contribution in [-0.4, -0.2) is 22.7 Å². The number of hydrogen-bond donors (Lipinski definition) is 2. The van der Waals surface area contributed by atoms with Gasteiger partial charge in [-0.15, -0.1) is 0 Å². The van der Waals surface area contributed by atoms with Crippen LogP contribution in [0.15, 0.2) is 48.5 Å². The lowest BCUT2D eigenvalue weighted by Gasteiger charge is -2.17. The molecule has 0 saturated heterocycles. The minimum Gasteiger partial charge on any atom is -0.492 e. The van der Waals surface area contributed by atoms with Crippen LogP contribution in [0.1, 0.15) is 23.0 Å². The predicted octanol–water partition coefficient (Wildman–Crippen LogP) is 3.62. The van der Waals surface area contributed by atoms with Gasteiger partial charge in [-0.3, -0.25) is 9.89 Å². The Morgan fingerprint density at radius 2 is 2.04 bits per heavy atom. The highest BCUT2D eigenvalue weighted by Gasteiger charge is 2.26. The van der Waals surface area contributed by atoms with Crippen LogP contribution < -0.4 is 14.8 Å². The summed E-state index contributed by atoms with van der Waals surface area (Å²) in [5, 5.41) is 10.0. The molecule has 0 spiro atoms. The summed E-state index contributed by atoms with van der Waals surface area (Å²) in [6.07, 6.45) is 0. The Labute approximate surface area is 144 Å². The third-order valence-corrected chi connectivity index (χ3v) is 4.04. The molecule has 0 fully saturated rings. The van der Waals surface area contributed by atoms with Crippen LogP contribution in [0.3, 0.4) is 0 Å². The van der Waals surface area contributed by atoms with E-state index in [9.17, 15) is 4.79 Å². The van der Waals surface area contributed by atoms with Crippen LogP contribution in [0.25, 0.3) is 11.3 Å². The van der Waals surface area contributed by atoms with Gasteiger partial charge >= 0.3 is 0 Å². The zero-order valence-electron chi connectivity index (χ0n) is 13.7. The smallest absolute Gasteiger partial charge is 0.274 e. The Balaban J connectivity index is 1.65. The maximum Gasteiger partial charge on any atom is 0.274 e. The molecule has 3 aromatic rings. The molecule has 2 N–H and O–H groups in total. The number of nitrogens with zero attached hydrogens (tertiary/aromatic N) is 1. The van der Waals surface area contributed by atoms with E-state index >= 15 is 0 Å². The van der Waals surface area contributed by atoms with Gasteiger partial charge in [-0.25, -0.2) is 0 Å². The van der Waals surface area contributed by atoms with E-state index in [0.717, 1.165) is 22.6 Å². The van der Waals surface area contributed by atoms with Gasteiger partial charge in [0.05, 0.1) is 12.3 Å². The molecule has 2 aromatic carbocycles. The lowest BCUT2D eigenvalue weighted by Crippen LogP contribution is -2.17. The molecule has 0 saturated carbocycles. The first-order valence-electron chi connectivity index (χ1n) is 8.10. The Bertz CT molecular complexity index is 933. The van der Waals surface area contributed by atoms with Gasteiger partial charge in [0.25, 0.3) is 5.91 Å². The number of carbonyl (C=O) groups excluding carboxylic acids is 1.